The average molecular weight is 287 g/mol. The molecule has 0 aliphatic heterocycles. The van der Waals surface area contributed by atoms with Gasteiger partial charge in [0.2, 0.25) is 0 Å². The Morgan fingerprint density at radius 1 is 1.24 bits per heavy atom. The van der Waals surface area contributed by atoms with E-state index in [1.54, 1.807) is 12.1 Å². The third kappa shape index (κ3) is 1.58. The van der Waals surface area contributed by atoms with Crippen molar-refractivity contribution in [3.05, 3.63) is 37.4 Å². The quantitative estimate of drug-likeness (QED) is 0.620. The standard InChI is InChI=1S/C10H4Cl2N2O2S/c11-3-1-4(12)6-5(2-3)13-9(15)7-8(6)16-10(17)14-7/h1-2H,(H,13,15)(H,14,17). The smallest absolute Gasteiger partial charge is 0.276 e. The van der Waals surface area contributed by atoms with Crippen LogP contribution in [0.15, 0.2) is 21.3 Å². The molecule has 3 aromatic rings. The average Bonchev–Trinajstić information content (AvgIpc) is 2.58. The summed E-state index contributed by atoms with van der Waals surface area (Å²) >= 11 is 16.8. The Labute approximate surface area is 109 Å². The Hall–Kier alpha value is -1.30. The van der Waals surface area contributed by atoms with E-state index in [9.17, 15) is 4.79 Å². The molecular weight excluding hydrogens is 283 g/mol. The second kappa shape index (κ2) is 3.60. The summed E-state index contributed by atoms with van der Waals surface area (Å²) in [4.78, 5) is 17.2. The maximum Gasteiger partial charge on any atom is 0.276 e. The molecule has 17 heavy (non-hydrogen) atoms. The van der Waals surface area contributed by atoms with Crippen molar-refractivity contribution in [3.8, 4) is 0 Å². The molecule has 1 aromatic carbocycles. The van der Waals surface area contributed by atoms with Crippen molar-refractivity contribution in [2.75, 3.05) is 0 Å². The van der Waals surface area contributed by atoms with Gasteiger partial charge in [0, 0.05) is 5.02 Å². The molecule has 2 N–H and O–H groups in total. The number of aromatic nitrogens is 2. The Morgan fingerprint density at radius 2 is 2.00 bits per heavy atom. The highest BCUT2D eigenvalue weighted by Gasteiger charge is 2.13. The summed E-state index contributed by atoms with van der Waals surface area (Å²) in [5.41, 5.74) is 0.797. The van der Waals surface area contributed by atoms with Crippen molar-refractivity contribution >= 4 is 57.4 Å². The highest BCUT2D eigenvalue weighted by molar-refractivity contribution is 7.71. The largest absolute Gasteiger partial charge is 0.428 e. The van der Waals surface area contributed by atoms with E-state index in [4.69, 9.17) is 39.8 Å². The number of H-pyrrole nitrogens is 2. The van der Waals surface area contributed by atoms with Gasteiger partial charge in [0.15, 0.2) is 11.1 Å². The fourth-order valence-electron chi connectivity index (χ4n) is 1.75. The maximum atomic E-state index is 11.7. The molecule has 0 spiro atoms. The van der Waals surface area contributed by atoms with Crippen molar-refractivity contribution in [1.29, 1.82) is 0 Å². The van der Waals surface area contributed by atoms with Crippen LogP contribution in [-0.4, -0.2) is 9.97 Å². The summed E-state index contributed by atoms with van der Waals surface area (Å²) in [6.45, 7) is 0. The van der Waals surface area contributed by atoms with Gasteiger partial charge in [-0.25, -0.2) is 0 Å². The van der Waals surface area contributed by atoms with Gasteiger partial charge in [-0.05, 0) is 24.4 Å². The summed E-state index contributed by atoms with van der Waals surface area (Å²) in [6.07, 6.45) is 0. The molecule has 0 amide bonds. The zero-order valence-electron chi connectivity index (χ0n) is 8.14. The molecule has 0 saturated carbocycles. The number of hydrogen-bond acceptors (Lipinski definition) is 3. The third-order valence-corrected chi connectivity index (χ3v) is 3.11. The van der Waals surface area contributed by atoms with Crippen LogP contribution in [-0.2, 0) is 0 Å². The van der Waals surface area contributed by atoms with E-state index in [-0.39, 0.29) is 15.9 Å². The maximum absolute atomic E-state index is 11.7. The minimum atomic E-state index is -0.328. The third-order valence-electron chi connectivity index (χ3n) is 2.41. The van der Waals surface area contributed by atoms with Crippen molar-refractivity contribution in [2.45, 2.75) is 0 Å². The van der Waals surface area contributed by atoms with E-state index in [0.29, 0.717) is 26.5 Å². The summed E-state index contributed by atoms with van der Waals surface area (Å²) in [6, 6.07) is 3.18. The molecule has 0 atom stereocenters. The number of benzene rings is 1. The summed E-state index contributed by atoms with van der Waals surface area (Å²) in [5.74, 6) is 0. The first-order valence-electron chi connectivity index (χ1n) is 4.60. The number of hydrogen-bond donors (Lipinski definition) is 2. The predicted molar refractivity (Wildman–Crippen MR) is 69.5 cm³/mol. The number of oxazole rings is 1. The van der Waals surface area contributed by atoms with Crippen molar-refractivity contribution < 1.29 is 4.42 Å². The van der Waals surface area contributed by atoms with Gasteiger partial charge in [-0.1, -0.05) is 23.2 Å². The van der Waals surface area contributed by atoms with Crippen LogP contribution in [0.1, 0.15) is 0 Å². The van der Waals surface area contributed by atoms with Gasteiger partial charge < -0.3 is 14.4 Å². The molecule has 0 aliphatic carbocycles. The number of halogens is 2. The second-order valence-electron chi connectivity index (χ2n) is 3.48. The van der Waals surface area contributed by atoms with Gasteiger partial charge in [0.1, 0.15) is 0 Å². The minimum Gasteiger partial charge on any atom is -0.428 e. The Kier molecular flexibility index (Phi) is 2.29. The number of nitrogens with one attached hydrogen (secondary N) is 2. The summed E-state index contributed by atoms with van der Waals surface area (Å²) in [7, 11) is 0. The topological polar surface area (TPSA) is 61.8 Å². The lowest BCUT2D eigenvalue weighted by Crippen LogP contribution is -2.06. The van der Waals surface area contributed by atoms with E-state index >= 15 is 0 Å². The van der Waals surface area contributed by atoms with Crippen LogP contribution >= 0.6 is 35.4 Å². The van der Waals surface area contributed by atoms with Crippen LogP contribution in [0.3, 0.4) is 0 Å². The molecule has 0 unspecified atom stereocenters. The normalized spacial score (nSPS) is 11.4. The van der Waals surface area contributed by atoms with Crippen molar-refractivity contribution in [2.24, 2.45) is 0 Å². The van der Waals surface area contributed by atoms with Crippen LogP contribution in [0.5, 0.6) is 0 Å². The van der Waals surface area contributed by atoms with Gasteiger partial charge in [0.25, 0.3) is 10.4 Å². The highest BCUT2D eigenvalue weighted by Crippen LogP contribution is 2.31. The molecule has 0 fully saturated rings. The van der Waals surface area contributed by atoms with Crippen LogP contribution in [0.2, 0.25) is 10.0 Å². The van der Waals surface area contributed by atoms with E-state index in [1.165, 1.54) is 0 Å². The van der Waals surface area contributed by atoms with Crippen LogP contribution in [0, 0.1) is 4.84 Å². The molecule has 2 aromatic heterocycles. The summed E-state index contributed by atoms with van der Waals surface area (Å²) < 4.78 is 5.29. The van der Waals surface area contributed by atoms with E-state index in [0.717, 1.165) is 0 Å². The monoisotopic (exact) mass is 286 g/mol. The van der Waals surface area contributed by atoms with Crippen LogP contribution in [0.25, 0.3) is 22.0 Å². The molecule has 3 rings (SSSR count). The molecule has 7 heteroatoms. The Bertz CT molecular complexity index is 862. The predicted octanol–water partition coefficient (Wildman–Crippen LogP) is 3.64. The van der Waals surface area contributed by atoms with Gasteiger partial charge >= 0.3 is 0 Å². The van der Waals surface area contributed by atoms with Gasteiger partial charge in [-0.3, -0.25) is 4.79 Å². The van der Waals surface area contributed by atoms with Crippen molar-refractivity contribution in [1.82, 2.24) is 9.97 Å². The Balaban J connectivity index is 2.72. The molecule has 0 aliphatic rings. The van der Waals surface area contributed by atoms with Gasteiger partial charge in [0.05, 0.1) is 15.9 Å². The zero-order valence-corrected chi connectivity index (χ0v) is 10.5. The van der Waals surface area contributed by atoms with Gasteiger partial charge in [-0.2, -0.15) is 0 Å². The lowest BCUT2D eigenvalue weighted by atomic mass is 10.2. The number of rotatable bonds is 0. The minimum absolute atomic E-state index is 0.129. The molecular formula is C10H4Cl2N2O2S. The molecule has 0 saturated heterocycles. The second-order valence-corrected chi connectivity index (χ2v) is 4.70. The first-order valence-corrected chi connectivity index (χ1v) is 5.76. The van der Waals surface area contributed by atoms with Crippen molar-refractivity contribution in [3.63, 3.8) is 0 Å². The van der Waals surface area contributed by atoms with Crippen LogP contribution in [0.4, 0.5) is 0 Å². The first kappa shape index (κ1) is 10.8. The fourth-order valence-corrected chi connectivity index (χ4v) is 2.52. The first-order chi connectivity index (χ1) is 8.06. The SMILES string of the molecule is O=c1[nH]c2cc(Cl)cc(Cl)c2c2oc(=S)[nH]c12. The molecule has 4 nitrogen and oxygen atoms in total. The van der Waals surface area contributed by atoms with E-state index < -0.39 is 0 Å². The fraction of sp³-hybridized carbons (Fsp3) is 0. The number of pyridine rings is 1. The van der Waals surface area contributed by atoms with Gasteiger partial charge in [-0.15, -0.1) is 0 Å². The molecule has 86 valence electrons. The van der Waals surface area contributed by atoms with E-state index in [2.05, 4.69) is 9.97 Å². The van der Waals surface area contributed by atoms with Crippen LogP contribution < -0.4 is 5.56 Å². The molecule has 0 radical (unpaired) electrons. The lowest BCUT2D eigenvalue weighted by Gasteiger charge is -2.01. The lowest BCUT2D eigenvalue weighted by molar-refractivity contribution is 0.586. The Morgan fingerprint density at radius 3 is 2.76 bits per heavy atom. The van der Waals surface area contributed by atoms with E-state index in [1.807, 2.05) is 0 Å². The number of aromatic amines is 2. The zero-order chi connectivity index (χ0) is 12.2. The number of fused-ring (bicyclic) bond motifs is 3. The highest BCUT2D eigenvalue weighted by atomic mass is 35.5. The molecule has 2 heterocycles. The summed E-state index contributed by atoms with van der Waals surface area (Å²) in [5, 5.41) is 1.41. The molecule has 0 bridgehead atoms.